The van der Waals surface area contributed by atoms with Crippen molar-refractivity contribution in [2.75, 3.05) is 7.11 Å². The summed E-state index contributed by atoms with van der Waals surface area (Å²) >= 11 is 1.45. The third-order valence-electron chi connectivity index (χ3n) is 7.96. The van der Waals surface area contributed by atoms with E-state index in [9.17, 15) is 4.79 Å². The number of hydrogen-bond acceptors (Lipinski definition) is 5. The molecule has 0 unspecified atom stereocenters. The fourth-order valence-corrected chi connectivity index (χ4v) is 6.81. The number of fused-ring (bicyclic) bond motifs is 1. The molecule has 2 aliphatic rings. The third kappa shape index (κ3) is 5.89. The van der Waals surface area contributed by atoms with E-state index < -0.39 is 0 Å². The van der Waals surface area contributed by atoms with Crippen LogP contribution in [0.1, 0.15) is 43.7 Å². The van der Waals surface area contributed by atoms with Crippen molar-refractivity contribution in [3.8, 4) is 11.5 Å². The van der Waals surface area contributed by atoms with Crippen LogP contribution in [0.3, 0.4) is 0 Å². The number of methoxy groups -OCH3 is 1. The van der Waals surface area contributed by atoms with Crippen molar-refractivity contribution in [2.45, 2.75) is 45.3 Å². The highest BCUT2D eigenvalue weighted by molar-refractivity contribution is 8.18. The molecule has 1 amide bonds. The Bertz CT molecular complexity index is 1610. The standard InChI is InChI=1S/C35H34N2O3S/c1-24-11-6-9-18-30(24)37-34(38)33(41-35(37)36-28-15-4-3-5-16-28)22-25-19-20-31(32(21-25)39-2)40-23-27-14-10-13-26-12-7-8-17-29(26)27/h3-5,7-8,10,12-17,19-22,24,30H,6,9,11,18,23H2,1-2H3/b33-22-,36-35?/t24-,30+/m0/s1. The van der Waals surface area contributed by atoms with Crippen molar-refractivity contribution < 1.29 is 14.3 Å². The lowest BCUT2D eigenvalue weighted by atomic mass is 9.85. The molecular formula is C35H34N2O3S. The maximum Gasteiger partial charge on any atom is 0.267 e. The molecule has 0 spiro atoms. The molecule has 6 heteroatoms. The summed E-state index contributed by atoms with van der Waals surface area (Å²) in [5.74, 6) is 1.76. The lowest BCUT2D eigenvalue weighted by Crippen LogP contribution is -2.44. The number of nitrogens with zero attached hydrogens (tertiary/aromatic N) is 2. The molecule has 0 N–H and O–H groups in total. The van der Waals surface area contributed by atoms with Gasteiger partial charge < -0.3 is 9.47 Å². The SMILES string of the molecule is COc1cc(/C=C2\SC(=Nc3ccccc3)N([C@@H]3CCCC[C@@H]3C)C2=O)ccc1OCc1cccc2ccccc12. The van der Waals surface area contributed by atoms with Crippen LogP contribution in [0.5, 0.6) is 11.5 Å². The monoisotopic (exact) mass is 562 g/mol. The summed E-state index contributed by atoms with van der Waals surface area (Å²) < 4.78 is 11.9. The maximum atomic E-state index is 13.8. The van der Waals surface area contributed by atoms with E-state index in [2.05, 4.69) is 37.3 Å². The molecule has 4 aromatic rings. The van der Waals surface area contributed by atoms with Gasteiger partial charge in [0.05, 0.1) is 17.7 Å². The van der Waals surface area contributed by atoms with Gasteiger partial charge in [0.15, 0.2) is 16.7 Å². The van der Waals surface area contributed by atoms with E-state index >= 15 is 0 Å². The van der Waals surface area contributed by atoms with Gasteiger partial charge in [0.1, 0.15) is 6.61 Å². The molecule has 2 atom stereocenters. The molecule has 5 nitrogen and oxygen atoms in total. The second kappa shape index (κ2) is 12.2. The van der Waals surface area contributed by atoms with E-state index in [1.54, 1.807) is 7.11 Å². The van der Waals surface area contributed by atoms with Crippen LogP contribution in [0.15, 0.2) is 101 Å². The number of rotatable bonds is 7. The van der Waals surface area contributed by atoms with Gasteiger partial charge in [-0.25, -0.2) is 4.99 Å². The second-order valence-electron chi connectivity index (χ2n) is 10.7. The topological polar surface area (TPSA) is 51.1 Å². The van der Waals surface area contributed by atoms with Gasteiger partial charge in [0, 0.05) is 6.04 Å². The second-order valence-corrected chi connectivity index (χ2v) is 11.7. The van der Waals surface area contributed by atoms with Crippen LogP contribution in [0.4, 0.5) is 5.69 Å². The zero-order chi connectivity index (χ0) is 28.2. The summed E-state index contributed by atoms with van der Waals surface area (Å²) in [6.07, 6.45) is 6.44. The average Bonchev–Trinajstić information content (AvgIpc) is 3.30. The Morgan fingerprint density at radius 2 is 1.71 bits per heavy atom. The first-order valence-corrected chi connectivity index (χ1v) is 15.1. The molecule has 1 heterocycles. The van der Waals surface area contributed by atoms with Crippen molar-refractivity contribution in [1.29, 1.82) is 0 Å². The molecule has 1 saturated carbocycles. The number of benzene rings is 4. The Kier molecular flexibility index (Phi) is 8.10. The van der Waals surface area contributed by atoms with Crippen molar-refractivity contribution in [1.82, 2.24) is 4.90 Å². The first-order chi connectivity index (χ1) is 20.1. The lowest BCUT2D eigenvalue weighted by Gasteiger charge is -2.35. The molecule has 1 saturated heterocycles. The molecule has 0 bridgehead atoms. The fourth-order valence-electron chi connectivity index (χ4n) is 5.77. The zero-order valence-electron chi connectivity index (χ0n) is 23.5. The predicted octanol–water partition coefficient (Wildman–Crippen LogP) is 8.61. The third-order valence-corrected chi connectivity index (χ3v) is 8.95. The number of amides is 1. The molecular weight excluding hydrogens is 528 g/mol. The van der Waals surface area contributed by atoms with Crippen LogP contribution in [-0.4, -0.2) is 29.1 Å². The van der Waals surface area contributed by atoms with Crippen LogP contribution >= 0.6 is 11.8 Å². The number of carbonyl (C=O) groups excluding carboxylic acids is 1. The highest BCUT2D eigenvalue weighted by Gasteiger charge is 2.41. The number of thioether (sulfide) groups is 1. The van der Waals surface area contributed by atoms with Gasteiger partial charge in [-0.3, -0.25) is 9.69 Å². The minimum absolute atomic E-state index is 0.0266. The Labute approximate surface area is 245 Å². The smallest absolute Gasteiger partial charge is 0.267 e. The molecule has 2 fully saturated rings. The van der Waals surface area contributed by atoms with Crippen molar-refractivity contribution >= 4 is 45.4 Å². The molecule has 1 aliphatic heterocycles. The average molecular weight is 563 g/mol. The predicted molar refractivity (Wildman–Crippen MR) is 169 cm³/mol. The number of aliphatic imine (C=N–C) groups is 1. The lowest BCUT2D eigenvalue weighted by molar-refractivity contribution is -0.124. The van der Waals surface area contributed by atoms with E-state index in [0.29, 0.717) is 28.9 Å². The van der Waals surface area contributed by atoms with Crippen molar-refractivity contribution in [2.24, 2.45) is 10.9 Å². The normalized spacial score (nSPS) is 21.1. The molecule has 208 valence electrons. The number of hydrogen-bond donors (Lipinski definition) is 0. The Morgan fingerprint density at radius 3 is 2.54 bits per heavy atom. The zero-order valence-corrected chi connectivity index (χ0v) is 24.3. The minimum atomic E-state index is 0.0266. The summed E-state index contributed by atoms with van der Waals surface area (Å²) in [4.78, 5) is 21.4. The van der Waals surface area contributed by atoms with Gasteiger partial charge in [-0.2, -0.15) is 0 Å². The molecule has 0 radical (unpaired) electrons. The van der Waals surface area contributed by atoms with Gasteiger partial charge in [-0.15, -0.1) is 0 Å². The van der Waals surface area contributed by atoms with Gasteiger partial charge >= 0.3 is 0 Å². The van der Waals surface area contributed by atoms with Crippen molar-refractivity contribution in [3.05, 3.63) is 107 Å². The highest BCUT2D eigenvalue weighted by atomic mass is 32.2. The molecule has 4 aromatic carbocycles. The molecule has 0 aromatic heterocycles. The summed E-state index contributed by atoms with van der Waals surface area (Å²) in [5, 5.41) is 3.12. The van der Waals surface area contributed by atoms with E-state index in [0.717, 1.165) is 41.2 Å². The number of ether oxygens (including phenoxy) is 2. The van der Waals surface area contributed by atoms with Crippen LogP contribution in [-0.2, 0) is 11.4 Å². The summed E-state index contributed by atoms with van der Waals surface area (Å²) in [7, 11) is 1.64. The first-order valence-electron chi connectivity index (χ1n) is 14.2. The van der Waals surface area contributed by atoms with Gasteiger partial charge in [-0.1, -0.05) is 86.5 Å². The number of para-hydroxylation sites is 1. The van der Waals surface area contributed by atoms with Crippen LogP contribution in [0.2, 0.25) is 0 Å². The van der Waals surface area contributed by atoms with Gasteiger partial charge in [0.2, 0.25) is 0 Å². The number of carbonyl (C=O) groups is 1. The minimum Gasteiger partial charge on any atom is -0.493 e. The molecule has 41 heavy (non-hydrogen) atoms. The van der Waals surface area contributed by atoms with Crippen LogP contribution in [0, 0.1) is 5.92 Å². The maximum absolute atomic E-state index is 13.8. The summed E-state index contributed by atoms with van der Waals surface area (Å²) in [6, 6.07) is 30.4. The Balaban J connectivity index is 1.26. The summed E-state index contributed by atoms with van der Waals surface area (Å²) in [6.45, 7) is 2.69. The van der Waals surface area contributed by atoms with E-state index in [1.165, 1.54) is 29.0 Å². The Hall–Kier alpha value is -4.03. The van der Waals surface area contributed by atoms with Gasteiger partial charge in [0.25, 0.3) is 5.91 Å². The first kappa shape index (κ1) is 27.2. The molecule has 1 aliphatic carbocycles. The highest BCUT2D eigenvalue weighted by Crippen LogP contribution is 2.41. The summed E-state index contributed by atoms with van der Waals surface area (Å²) in [5.41, 5.74) is 2.85. The number of amidine groups is 1. The largest absolute Gasteiger partial charge is 0.493 e. The molecule has 6 rings (SSSR count). The Morgan fingerprint density at radius 1 is 0.927 bits per heavy atom. The van der Waals surface area contributed by atoms with E-state index in [1.807, 2.05) is 71.6 Å². The quantitative estimate of drug-likeness (QED) is 0.212. The van der Waals surface area contributed by atoms with Gasteiger partial charge in [-0.05, 0) is 82.8 Å². The van der Waals surface area contributed by atoms with Crippen LogP contribution < -0.4 is 9.47 Å². The fraction of sp³-hybridized carbons (Fsp3) is 0.257. The van der Waals surface area contributed by atoms with Crippen molar-refractivity contribution in [3.63, 3.8) is 0 Å². The van der Waals surface area contributed by atoms with E-state index in [-0.39, 0.29) is 11.9 Å². The van der Waals surface area contributed by atoms with E-state index in [4.69, 9.17) is 14.5 Å². The van der Waals surface area contributed by atoms with Crippen LogP contribution in [0.25, 0.3) is 16.8 Å².